The Bertz CT molecular complexity index is 381. The molecule has 1 unspecified atom stereocenters. The van der Waals surface area contributed by atoms with Crippen molar-refractivity contribution in [2.45, 2.75) is 25.7 Å². The minimum atomic E-state index is -0.372. The van der Waals surface area contributed by atoms with Crippen LogP contribution in [0.15, 0.2) is 0 Å². The number of H-pyrrole nitrogens is 1. The number of hydrogen-bond donors (Lipinski definition) is 2. The summed E-state index contributed by atoms with van der Waals surface area (Å²) in [5.41, 5.74) is 1.19. The Kier molecular flexibility index (Phi) is 3.24. The fourth-order valence-corrected chi connectivity index (χ4v) is 2.06. The van der Waals surface area contributed by atoms with Crippen LogP contribution in [0.2, 0.25) is 0 Å². The van der Waals surface area contributed by atoms with Crippen molar-refractivity contribution < 1.29 is 9.53 Å². The molecule has 16 heavy (non-hydrogen) atoms. The minimum Gasteiger partial charge on any atom is -0.464 e. The average Bonchev–Trinajstić information content (AvgIpc) is 2.71. The molecule has 0 bridgehead atoms. The second-order valence-electron chi connectivity index (χ2n) is 4.13. The normalized spacial score (nSPS) is 20.8. The third-order valence-corrected chi connectivity index (χ3v) is 2.97. The van der Waals surface area contributed by atoms with Crippen LogP contribution in [0, 0.1) is 6.92 Å². The van der Waals surface area contributed by atoms with Gasteiger partial charge < -0.3 is 15.0 Å². The van der Waals surface area contributed by atoms with E-state index in [1.165, 1.54) is 7.11 Å². The second kappa shape index (κ2) is 4.65. The summed E-state index contributed by atoms with van der Waals surface area (Å²) in [7, 11) is 1.37. The highest BCUT2D eigenvalue weighted by Crippen LogP contribution is 2.21. The fourth-order valence-electron chi connectivity index (χ4n) is 2.06. The number of methoxy groups -OCH3 is 1. The summed E-state index contributed by atoms with van der Waals surface area (Å²) in [5.74, 6) is 0.903. The SMILES string of the molecule is COC(=O)c1nc(C2CCCNC2)[nH]c1C. The van der Waals surface area contributed by atoms with Crippen LogP contribution in [-0.4, -0.2) is 36.1 Å². The summed E-state index contributed by atoms with van der Waals surface area (Å²) in [6.07, 6.45) is 2.26. The molecule has 1 aliphatic rings. The molecule has 2 N–H and O–H groups in total. The lowest BCUT2D eigenvalue weighted by Crippen LogP contribution is -2.29. The molecule has 1 aliphatic heterocycles. The van der Waals surface area contributed by atoms with Crippen molar-refractivity contribution >= 4 is 5.97 Å². The van der Waals surface area contributed by atoms with E-state index in [4.69, 9.17) is 0 Å². The molecule has 0 spiro atoms. The van der Waals surface area contributed by atoms with Gasteiger partial charge >= 0.3 is 5.97 Å². The molecule has 0 amide bonds. The maximum absolute atomic E-state index is 11.4. The smallest absolute Gasteiger partial charge is 0.358 e. The highest BCUT2D eigenvalue weighted by atomic mass is 16.5. The minimum absolute atomic E-state index is 0.372. The predicted molar refractivity (Wildman–Crippen MR) is 59.5 cm³/mol. The van der Waals surface area contributed by atoms with Crippen molar-refractivity contribution in [2.24, 2.45) is 0 Å². The van der Waals surface area contributed by atoms with Gasteiger partial charge in [0.1, 0.15) is 5.82 Å². The number of aromatic amines is 1. The molecule has 1 aromatic heterocycles. The van der Waals surface area contributed by atoms with E-state index in [-0.39, 0.29) is 5.97 Å². The molecule has 88 valence electrons. The number of nitrogens with one attached hydrogen (secondary N) is 2. The number of nitrogens with zero attached hydrogens (tertiary/aromatic N) is 1. The fraction of sp³-hybridized carbons (Fsp3) is 0.636. The van der Waals surface area contributed by atoms with Gasteiger partial charge in [-0.25, -0.2) is 9.78 Å². The lowest BCUT2D eigenvalue weighted by molar-refractivity contribution is 0.0593. The van der Waals surface area contributed by atoms with Gasteiger partial charge in [-0.1, -0.05) is 0 Å². The van der Waals surface area contributed by atoms with Crippen molar-refractivity contribution in [2.75, 3.05) is 20.2 Å². The van der Waals surface area contributed by atoms with Gasteiger partial charge in [-0.3, -0.25) is 0 Å². The van der Waals surface area contributed by atoms with Crippen LogP contribution in [0.5, 0.6) is 0 Å². The van der Waals surface area contributed by atoms with Gasteiger partial charge in [0, 0.05) is 18.2 Å². The van der Waals surface area contributed by atoms with E-state index in [9.17, 15) is 4.79 Å². The van der Waals surface area contributed by atoms with E-state index in [1.54, 1.807) is 0 Å². The molecule has 0 aromatic carbocycles. The zero-order valence-electron chi connectivity index (χ0n) is 9.67. The summed E-state index contributed by atoms with van der Waals surface area (Å²) in [4.78, 5) is 18.9. The van der Waals surface area contributed by atoms with Crippen molar-refractivity contribution in [3.05, 3.63) is 17.2 Å². The maximum Gasteiger partial charge on any atom is 0.358 e. The molecule has 5 heteroatoms. The van der Waals surface area contributed by atoms with Crippen molar-refractivity contribution in [3.8, 4) is 0 Å². The zero-order chi connectivity index (χ0) is 11.5. The van der Waals surface area contributed by atoms with Crippen LogP contribution >= 0.6 is 0 Å². The van der Waals surface area contributed by atoms with Gasteiger partial charge in [0.15, 0.2) is 5.69 Å². The number of esters is 1. The molecule has 2 rings (SSSR count). The molecule has 1 fully saturated rings. The molecular weight excluding hydrogens is 206 g/mol. The van der Waals surface area contributed by atoms with Gasteiger partial charge in [0.25, 0.3) is 0 Å². The largest absolute Gasteiger partial charge is 0.464 e. The second-order valence-corrected chi connectivity index (χ2v) is 4.13. The van der Waals surface area contributed by atoms with Crippen molar-refractivity contribution in [1.29, 1.82) is 0 Å². The van der Waals surface area contributed by atoms with E-state index < -0.39 is 0 Å². The number of aryl methyl sites for hydroxylation is 1. The monoisotopic (exact) mass is 223 g/mol. The number of carbonyl (C=O) groups is 1. The van der Waals surface area contributed by atoms with Crippen molar-refractivity contribution in [1.82, 2.24) is 15.3 Å². The number of imidazole rings is 1. The number of rotatable bonds is 2. The van der Waals surface area contributed by atoms with Crippen molar-refractivity contribution in [3.63, 3.8) is 0 Å². The van der Waals surface area contributed by atoms with Crippen LogP contribution in [0.25, 0.3) is 0 Å². The average molecular weight is 223 g/mol. The summed E-state index contributed by atoms with van der Waals surface area (Å²) in [6.45, 7) is 3.84. The first-order chi connectivity index (χ1) is 7.72. The van der Waals surface area contributed by atoms with Gasteiger partial charge in [-0.15, -0.1) is 0 Å². The number of aromatic nitrogens is 2. The molecule has 2 heterocycles. The first kappa shape index (κ1) is 11.1. The summed E-state index contributed by atoms with van der Waals surface area (Å²) in [5, 5.41) is 3.33. The molecule has 0 saturated carbocycles. The topological polar surface area (TPSA) is 67.0 Å². The van der Waals surface area contributed by atoms with Crippen LogP contribution in [-0.2, 0) is 4.74 Å². The number of carbonyl (C=O) groups excluding carboxylic acids is 1. The highest BCUT2D eigenvalue weighted by Gasteiger charge is 2.22. The Morgan fingerprint density at radius 2 is 2.38 bits per heavy atom. The van der Waals surface area contributed by atoms with E-state index in [2.05, 4.69) is 20.0 Å². The molecular formula is C11H17N3O2. The predicted octanol–water partition coefficient (Wildman–Crippen LogP) is 0.972. The van der Waals surface area contributed by atoms with Gasteiger partial charge in [-0.05, 0) is 26.3 Å². The Morgan fingerprint density at radius 3 is 3.00 bits per heavy atom. The van der Waals surface area contributed by atoms with Crippen LogP contribution in [0.1, 0.15) is 40.8 Å². The molecule has 5 nitrogen and oxygen atoms in total. The molecule has 1 aromatic rings. The summed E-state index contributed by atoms with van der Waals surface area (Å²) >= 11 is 0. The van der Waals surface area contributed by atoms with Gasteiger partial charge in [0.05, 0.1) is 7.11 Å². The Balaban J connectivity index is 2.19. The van der Waals surface area contributed by atoms with Gasteiger partial charge in [-0.2, -0.15) is 0 Å². The van der Waals surface area contributed by atoms with Crippen LogP contribution in [0.3, 0.4) is 0 Å². The quantitative estimate of drug-likeness (QED) is 0.733. The molecule has 1 atom stereocenters. The van der Waals surface area contributed by atoms with E-state index >= 15 is 0 Å². The first-order valence-electron chi connectivity index (χ1n) is 5.58. The third kappa shape index (κ3) is 2.09. The lowest BCUT2D eigenvalue weighted by Gasteiger charge is -2.20. The number of ether oxygens (including phenoxy) is 1. The third-order valence-electron chi connectivity index (χ3n) is 2.97. The Labute approximate surface area is 94.6 Å². The van der Waals surface area contributed by atoms with E-state index in [0.717, 1.165) is 37.4 Å². The van der Waals surface area contributed by atoms with E-state index in [0.29, 0.717) is 11.6 Å². The highest BCUT2D eigenvalue weighted by molar-refractivity contribution is 5.88. The Morgan fingerprint density at radius 1 is 1.56 bits per heavy atom. The summed E-state index contributed by atoms with van der Waals surface area (Å²) in [6, 6.07) is 0. The van der Waals surface area contributed by atoms with E-state index in [1.807, 2.05) is 6.92 Å². The standard InChI is InChI=1S/C11H17N3O2/c1-7-9(11(15)16-2)14-10(13-7)8-4-3-5-12-6-8/h8,12H,3-6H2,1-2H3,(H,13,14). The number of hydrogen-bond acceptors (Lipinski definition) is 4. The molecule has 1 saturated heterocycles. The Hall–Kier alpha value is -1.36. The van der Waals surface area contributed by atoms with Crippen LogP contribution in [0.4, 0.5) is 0 Å². The zero-order valence-corrected chi connectivity index (χ0v) is 9.67. The summed E-state index contributed by atoms with van der Waals surface area (Å²) < 4.78 is 4.68. The molecule has 0 radical (unpaired) electrons. The molecule has 0 aliphatic carbocycles. The van der Waals surface area contributed by atoms with Gasteiger partial charge in [0.2, 0.25) is 0 Å². The lowest BCUT2D eigenvalue weighted by atomic mass is 9.99. The van der Waals surface area contributed by atoms with Crippen LogP contribution < -0.4 is 5.32 Å². The number of piperidine rings is 1. The first-order valence-corrected chi connectivity index (χ1v) is 5.58. The maximum atomic E-state index is 11.4.